The molecule has 0 radical (unpaired) electrons. The van der Waals surface area contributed by atoms with Crippen LogP contribution in [0.4, 0.5) is 5.95 Å². The van der Waals surface area contributed by atoms with Crippen molar-refractivity contribution < 1.29 is 9.90 Å². The van der Waals surface area contributed by atoms with Crippen LogP contribution >= 0.6 is 11.6 Å². The molecule has 4 rings (SSSR count). The SMILES string of the molecule is Cc1cncc(C(=O)N(Cc2cccc(-c3ccnc(NCCc4ccc(O)c(Cl)c4)n3)c2)C(C)C)c1. The first-order valence-corrected chi connectivity index (χ1v) is 12.5. The summed E-state index contributed by atoms with van der Waals surface area (Å²) < 4.78 is 0. The van der Waals surface area contributed by atoms with Crippen molar-refractivity contribution in [1.82, 2.24) is 19.9 Å². The predicted octanol–water partition coefficient (Wildman–Crippen LogP) is 5.91. The number of nitrogens with one attached hydrogen (secondary N) is 1. The summed E-state index contributed by atoms with van der Waals surface area (Å²) in [5.41, 5.74) is 5.30. The van der Waals surface area contributed by atoms with Gasteiger partial charge in [-0.25, -0.2) is 9.97 Å². The van der Waals surface area contributed by atoms with Crippen LogP contribution in [0.15, 0.2) is 73.2 Å². The number of phenols is 1. The summed E-state index contributed by atoms with van der Waals surface area (Å²) in [6.45, 7) is 7.05. The fourth-order valence-corrected chi connectivity index (χ4v) is 4.18. The molecule has 0 fully saturated rings. The largest absolute Gasteiger partial charge is 0.506 e. The Morgan fingerprint density at radius 3 is 2.68 bits per heavy atom. The number of pyridine rings is 1. The lowest BCUT2D eigenvalue weighted by Crippen LogP contribution is -2.36. The van der Waals surface area contributed by atoms with E-state index < -0.39 is 0 Å². The van der Waals surface area contributed by atoms with E-state index in [1.807, 2.05) is 62.1 Å². The summed E-state index contributed by atoms with van der Waals surface area (Å²) in [5, 5.41) is 13.2. The fraction of sp³-hybridized carbons (Fsp3) is 0.241. The number of aromatic hydroxyl groups is 1. The fourth-order valence-electron chi connectivity index (χ4n) is 3.98. The van der Waals surface area contributed by atoms with Crippen molar-refractivity contribution in [2.45, 2.75) is 39.8 Å². The first-order valence-electron chi connectivity index (χ1n) is 12.2. The zero-order chi connectivity index (χ0) is 26.4. The zero-order valence-electron chi connectivity index (χ0n) is 21.1. The Kier molecular flexibility index (Phi) is 8.36. The molecule has 2 aromatic heterocycles. The molecule has 1 amide bonds. The second-order valence-corrected chi connectivity index (χ2v) is 9.61. The van der Waals surface area contributed by atoms with Gasteiger partial charge in [-0.05, 0) is 74.2 Å². The molecule has 0 aliphatic heterocycles. The maximum Gasteiger partial charge on any atom is 0.255 e. The van der Waals surface area contributed by atoms with Gasteiger partial charge >= 0.3 is 0 Å². The molecule has 37 heavy (non-hydrogen) atoms. The average molecular weight is 516 g/mol. The van der Waals surface area contributed by atoms with Crippen LogP contribution in [0.25, 0.3) is 11.3 Å². The number of hydrogen-bond acceptors (Lipinski definition) is 6. The Balaban J connectivity index is 1.45. The second-order valence-electron chi connectivity index (χ2n) is 9.21. The minimum atomic E-state index is -0.0416. The van der Waals surface area contributed by atoms with E-state index in [0.29, 0.717) is 36.0 Å². The summed E-state index contributed by atoms with van der Waals surface area (Å²) in [5.74, 6) is 0.559. The van der Waals surface area contributed by atoms with Crippen molar-refractivity contribution in [2.75, 3.05) is 11.9 Å². The van der Waals surface area contributed by atoms with Gasteiger partial charge in [0.15, 0.2) is 0 Å². The van der Waals surface area contributed by atoms with Gasteiger partial charge in [-0.15, -0.1) is 0 Å². The highest BCUT2D eigenvalue weighted by molar-refractivity contribution is 6.32. The molecule has 2 heterocycles. The monoisotopic (exact) mass is 515 g/mol. The van der Waals surface area contributed by atoms with E-state index in [4.69, 9.17) is 11.6 Å². The van der Waals surface area contributed by atoms with E-state index in [1.54, 1.807) is 30.7 Å². The van der Waals surface area contributed by atoms with Gasteiger partial charge in [0.1, 0.15) is 5.75 Å². The Morgan fingerprint density at radius 1 is 1.08 bits per heavy atom. The number of anilines is 1. The van der Waals surface area contributed by atoms with E-state index >= 15 is 0 Å². The van der Waals surface area contributed by atoms with E-state index in [2.05, 4.69) is 26.3 Å². The minimum absolute atomic E-state index is 0.0231. The highest BCUT2D eigenvalue weighted by Crippen LogP contribution is 2.24. The molecule has 0 saturated heterocycles. The number of halogens is 1. The number of benzene rings is 2. The van der Waals surface area contributed by atoms with Crippen LogP contribution in [0.3, 0.4) is 0 Å². The van der Waals surface area contributed by atoms with Gasteiger partial charge in [0.25, 0.3) is 5.91 Å². The van der Waals surface area contributed by atoms with Gasteiger partial charge < -0.3 is 15.3 Å². The van der Waals surface area contributed by atoms with Crippen LogP contribution in [0.2, 0.25) is 5.02 Å². The molecule has 2 N–H and O–H groups in total. The molecule has 0 atom stereocenters. The highest BCUT2D eigenvalue weighted by Gasteiger charge is 2.20. The lowest BCUT2D eigenvalue weighted by Gasteiger charge is -2.27. The number of aromatic nitrogens is 3. The lowest BCUT2D eigenvalue weighted by atomic mass is 10.1. The molecule has 4 aromatic rings. The third-order valence-electron chi connectivity index (χ3n) is 5.95. The van der Waals surface area contributed by atoms with Crippen LogP contribution in [-0.4, -0.2) is 43.5 Å². The van der Waals surface area contributed by atoms with Gasteiger partial charge in [-0.1, -0.05) is 35.9 Å². The normalized spacial score (nSPS) is 10.9. The molecule has 0 bridgehead atoms. The van der Waals surface area contributed by atoms with Gasteiger partial charge in [0.2, 0.25) is 5.95 Å². The highest BCUT2D eigenvalue weighted by atomic mass is 35.5. The number of rotatable bonds is 9. The van der Waals surface area contributed by atoms with Crippen LogP contribution in [0.5, 0.6) is 5.75 Å². The topological polar surface area (TPSA) is 91.2 Å². The maximum absolute atomic E-state index is 13.2. The minimum Gasteiger partial charge on any atom is -0.506 e. The predicted molar refractivity (Wildman–Crippen MR) is 147 cm³/mol. The Labute approximate surface area is 222 Å². The summed E-state index contributed by atoms with van der Waals surface area (Å²) in [7, 11) is 0. The van der Waals surface area contributed by atoms with Crippen molar-refractivity contribution >= 4 is 23.5 Å². The third-order valence-corrected chi connectivity index (χ3v) is 6.25. The Hall–Kier alpha value is -3.97. The van der Waals surface area contributed by atoms with Crippen molar-refractivity contribution in [1.29, 1.82) is 0 Å². The molecule has 0 unspecified atom stereocenters. The average Bonchev–Trinajstić information content (AvgIpc) is 2.89. The molecular formula is C29H30ClN5O2. The summed E-state index contributed by atoms with van der Waals surface area (Å²) in [4.78, 5) is 28.3. The second kappa shape index (κ2) is 11.8. The third kappa shape index (κ3) is 6.83. The first kappa shape index (κ1) is 26.1. The molecule has 0 aliphatic rings. The maximum atomic E-state index is 13.2. The number of phenolic OH excluding ortho intramolecular Hbond substituents is 1. The number of nitrogens with zero attached hydrogens (tertiary/aromatic N) is 4. The van der Waals surface area contributed by atoms with Gasteiger partial charge in [-0.3, -0.25) is 9.78 Å². The van der Waals surface area contributed by atoms with E-state index in [1.165, 1.54) is 0 Å². The smallest absolute Gasteiger partial charge is 0.255 e. The van der Waals surface area contributed by atoms with Crippen molar-refractivity contribution in [2.24, 2.45) is 0 Å². The lowest BCUT2D eigenvalue weighted by molar-refractivity contribution is 0.0690. The molecule has 0 saturated carbocycles. The van der Waals surface area contributed by atoms with E-state index in [-0.39, 0.29) is 17.7 Å². The molecular weight excluding hydrogens is 486 g/mol. The van der Waals surface area contributed by atoms with Crippen molar-refractivity contribution in [3.05, 3.63) is 100 Å². The van der Waals surface area contributed by atoms with Gasteiger partial charge in [0.05, 0.1) is 16.3 Å². The van der Waals surface area contributed by atoms with E-state index in [9.17, 15) is 9.90 Å². The van der Waals surface area contributed by atoms with Crippen LogP contribution in [0.1, 0.15) is 40.9 Å². The van der Waals surface area contributed by atoms with Crippen molar-refractivity contribution in [3.8, 4) is 17.0 Å². The Bertz CT molecular complexity index is 1390. The number of carbonyl (C=O) groups excluding carboxylic acids is 1. The van der Waals surface area contributed by atoms with Crippen LogP contribution in [0, 0.1) is 6.92 Å². The van der Waals surface area contributed by atoms with Gasteiger partial charge in [0, 0.05) is 43.3 Å². The molecule has 190 valence electrons. The number of carbonyl (C=O) groups is 1. The number of hydrogen-bond donors (Lipinski definition) is 2. The molecule has 8 heteroatoms. The number of aryl methyl sites for hydroxylation is 1. The van der Waals surface area contributed by atoms with E-state index in [0.717, 1.165) is 27.9 Å². The summed E-state index contributed by atoms with van der Waals surface area (Å²) in [6.07, 6.45) is 5.79. The van der Waals surface area contributed by atoms with Gasteiger partial charge in [-0.2, -0.15) is 0 Å². The zero-order valence-corrected chi connectivity index (χ0v) is 21.9. The molecule has 7 nitrogen and oxygen atoms in total. The Morgan fingerprint density at radius 2 is 1.92 bits per heavy atom. The molecule has 2 aromatic carbocycles. The van der Waals surface area contributed by atoms with Crippen molar-refractivity contribution in [3.63, 3.8) is 0 Å². The summed E-state index contributed by atoms with van der Waals surface area (Å²) >= 11 is 5.99. The standard InChI is InChI=1S/C29H30ClN5O2/c1-19(2)35(28(37)24-13-20(3)16-31-17-24)18-22-5-4-6-23(14-22)26-10-12-33-29(34-26)32-11-9-21-7-8-27(36)25(30)15-21/h4-8,10,12-17,19,36H,9,11,18H2,1-3H3,(H,32,33,34). The number of amides is 1. The quantitative estimate of drug-likeness (QED) is 0.288. The summed E-state index contributed by atoms with van der Waals surface area (Å²) in [6, 6.07) is 17.0. The molecule has 0 spiro atoms. The first-order chi connectivity index (χ1) is 17.8. The molecule has 0 aliphatic carbocycles. The van der Waals surface area contributed by atoms with Crippen LogP contribution < -0.4 is 5.32 Å². The van der Waals surface area contributed by atoms with Crippen LogP contribution in [-0.2, 0) is 13.0 Å².